The van der Waals surface area contributed by atoms with Crippen molar-refractivity contribution in [3.05, 3.63) is 102 Å². The highest BCUT2D eigenvalue weighted by molar-refractivity contribution is 5.78. The maximum atomic E-state index is 12.9. The van der Waals surface area contributed by atoms with Crippen LogP contribution in [0.5, 0.6) is 5.75 Å². The van der Waals surface area contributed by atoms with Crippen LogP contribution in [0.1, 0.15) is 42.5 Å². The molecule has 0 radical (unpaired) electrons. The molecule has 166 valence electrons. The van der Waals surface area contributed by atoms with Crippen LogP contribution in [-0.2, 0) is 4.79 Å². The summed E-state index contributed by atoms with van der Waals surface area (Å²) in [7, 11) is 0. The zero-order valence-electron chi connectivity index (χ0n) is 19.0. The van der Waals surface area contributed by atoms with Gasteiger partial charge in [0.25, 0.3) is 5.91 Å². The molecule has 0 aliphatic carbocycles. The van der Waals surface area contributed by atoms with Crippen molar-refractivity contribution >= 4 is 5.91 Å². The summed E-state index contributed by atoms with van der Waals surface area (Å²) in [4.78, 5) is 17.3. The number of piperazine rings is 1. The SMILES string of the molecule is CC(C)c1ccccc1OCC(=O)N1CCN(C(c2ccccc2)c2ccccc2)CC1. The van der Waals surface area contributed by atoms with Crippen molar-refractivity contribution in [3.63, 3.8) is 0 Å². The van der Waals surface area contributed by atoms with Gasteiger partial charge in [0.05, 0.1) is 6.04 Å². The molecule has 0 aromatic heterocycles. The van der Waals surface area contributed by atoms with Gasteiger partial charge in [-0.05, 0) is 28.7 Å². The molecule has 1 fully saturated rings. The number of hydrogen-bond acceptors (Lipinski definition) is 3. The van der Waals surface area contributed by atoms with Crippen molar-refractivity contribution in [3.8, 4) is 5.75 Å². The van der Waals surface area contributed by atoms with Crippen LogP contribution >= 0.6 is 0 Å². The number of hydrogen-bond donors (Lipinski definition) is 0. The number of rotatable bonds is 7. The molecule has 32 heavy (non-hydrogen) atoms. The van der Waals surface area contributed by atoms with Gasteiger partial charge >= 0.3 is 0 Å². The van der Waals surface area contributed by atoms with Gasteiger partial charge in [0.1, 0.15) is 5.75 Å². The minimum absolute atomic E-state index is 0.0548. The normalized spacial score (nSPS) is 14.7. The van der Waals surface area contributed by atoms with E-state index in [0.717, 1.165) is 24.4 Å². The Labute approximate surface area is 191 Å². The van der Waals surface area contributed by atoms with Crippen molar-refractivity contribution in [1.82, 2.24) is 9.80 Å². The first kappa shape index (κ1) is 22.1. The van der Waals surface area contributed by atoms with Gasteiger partial charge in [0, 0.05) is 26.2 Å². The molecule has 3 aromatic carbocycles. The third-order valence-corrected chi connectivity index (χ3v) is 6.15. The van der Waals surface area contributed by atoms with E-state index < -0.39 is 0 Å². The van der Waals surface area contributed by atoms with Crippen LogP contribution in [0.25, 0.3) is 0 Å². The maximum Gasteiger partial charge on any atom is 0.260 e. The van der Waals surface area contributed by atoms with Crippen LogP contribution in [0.4, 0.5) is 0 Å². The van der Waals surface area contributed by atoms with Crippen LogP contribution in [0, 0.1) is 0 Å². The summed E-state index contributed by atoms with van der Waals surface area (Å²) in [6, 6.07) is 29.4. The summed E-state index contributed by atoms with van der Waals surface area (Å²) in [6.07, 6.45) is 0. The van der Waals surface area contributed by atoms with E-state index in [0.29, 0.717) is 19.0 Å². The molecule has 0 atom stereocenters. The summed E-state index contributed by atoms with van der Waals surface area (Å²) in [5, 5.41) is 0. The Morgan fingerprint density at radius 1 is 0.781 bits per heavy atom. The van der Waals surface area contributed by atoms with E-state index in [1.807, 2.05) is 23.1 Å². The lowest BCUT2D eigenvalue weighted by molar-refractivity contribution is -0.135. The van der Waals surface area contributed by atoms with E-state index in [2.05, 4.69) is 85.5 Å². The van der Waals surface area contributed by atoms with Gasteiger partial charge in [0.15, 0.2) is 6.61 Å². The monoisotopic (exact) mass is 428 g/mol. The van der Waals surface area contributed by atoms with E-state index in [1.54, 1.807) is 0 Å². The van der Waals surface area contributed by atoms with Gasteiger partial charge < -0.3 is 9.64 Å². The summed E-state index contributed by atoms with van der Waals surface area (Å²) in [5.41, 5.74) is 3.71. The van der Waals surface area contributed by atoms with Crippen molar-refractivity contribution in [2.75, 3.05) is 32.8 Å². The lowest BCUT2D eigenvalue weighted by Gasteiger charge is -2.39. The minimum atomic E-state index is 0.0548. The average molecular weight is 429 g/mol. The Morgan fingerprint density at radius 3 is 1.88 bits per heavy atom. The van der Waals surface area contributed by atoms with Crippen LogP contribution in [-0.4, -0.2) is 48.5 Å². The summed E-state index contributed by atoms with van der Waals surface area (Å²) in [6.45, 7) is 7.46. The number of benzene rings is 3. The molecule has 1 amide bonds. The average Bonchev–Trinajstić information content (AvgIpc) is 2.84. The van der Waals surface area contributed by atoms with E-state index in [4.69, 9.17) is 4.74 Å². The predicted molar refractivity (Wildman–Crippen MR) is 129 cm³/mol. The van der Waals surface area contributed by atoms with E-state index in [-0.39, 0.29) is 18.6 Å². The first-order valence-electron chi connectivity index (χ1n) is 11.5. The molecule has 1 aliphatic rings. The topological polar surface area (TPSA) is 32.8 Å². The molecule has 0 unspecified atom stereocenters. The van der Waals surface area contributed by atoms with Gasteiger partial charge in [-0.3, -0.25) is 9.69 Å². The highest BCUT2D eigenvalue weighted by atomic mass is 16.5. The molecule has 0 saturated carbocycles. The Hall–Kier alpha value is -3.11. The van der Waals surface area contributed by atoms with Gasteiger partial charge in [0.2, 0.25) is 0 Å². The Kier molecular flexibility index (Phi) is 7.23. The molecule has 1 saturated heterocycles. The van der Waals surface area contributed by atoms with Gasteiger partial charge in [-0.25, -0.2) is 0 Å². The largest absolute Gasteiger partial charge is 0.483 e. The number of para-hydroxylation sites is 1. The molecular weight excluding hydrogens is 396 g/mol. The minimum Gasteiger partial charge on any atom is -0.483 e. The van der Waals surface area contributed by atoms with Crippen molar-refractivity contribution in [1.29, 1.82) is 0 Å². The van der Waals surface area contributed by atoms with E-state index in [1.165, 1.54) is 11.1 Å². The number of carbonyl (C=O) groups is 1. The van der Waals surface area contributed by atoms with E-state index >= 15 is 0 Å². The quantitative estimate of drug-likeness (QED) is 0.523. The van der Waals surface area contributed by atoms with Crippen molar-refractivity contribution in [2.45, 2.75) is 25.8 Å². The first-order valence-corrected chi connectivity index (χ1v) is 11.5. The Morgan fingerprint density at radius 2 is 1.31 bits per heavy atom. The fraction of sp³-hybridized carbons (Fsp3) is 0.321. The number of ether oxygens (including phenoxy) is 1. The van der Waals surface area contributed by atoms with Crippen molar-refractivity contribution < 1.29 is 9.53 Å². The van der Waals surface area contributed by atoms with Crippen LogP contribution < -0.4 is 4.74 Å². The van der Waals surface area contributed by atoms with Gasteiger partial charge in [-0.15, -0.1) is 0 Å². The molecule has 0 spiro atoms. The fourth-order valence-corrected chi connectivity index (χ4v) is 4.43. The maximum absolute atomic E-state index is 12.9. The van der Waals surface area contributed by atoms with Crippen LogP contribution in [0.15, 0.2) is 84.9 Å². The highest BCUT2D eigenvalue weighted by Crippen LogP contribution is 2.30. The summed E-state index contributed by atoms with van der Waals surface area (Å²) < 4.78 is 5.92. The second-order valence-corrected chi connectivity index (χ2v) is 8.62. The molecule has 3 aromatic rings. The lowest BCUT2D eigenvalue weighted by Crippen LogP contribution is -2.51. The Bertz CT molecular complexity index is 957. The molecule has 4 rings (SSSR count). The van der Waals surface area contributed by atoms with Crippen molar-refractivity contribution in [2.24, 2.45) is 0 Å². The highest BCUT2D eigenvalue weighted by Gasteiger charge is 2.28. The zero-order chi connectivity index (χ0) is 22.3. The molecule has 0 N–H and O–H groups in total. The number of nitrogens with zero attached hydrogens (tertiary/aromatic N) is 2. The molecule has 0 bridgehead atoms. The predicted octanol–water partition coefficient (Wildman–Crippen LogP) is 5.12. The van der Waals surface area contributed by atoms with E-state index in [9.17, 15) is 4.79 Å². The van der Waals surface area contributed by atoms with Crippen LogP contribution in [0.2, 0.25) is 0 Å². The zero-order valence-corrected chi connectivity index (χ0v) is 19.0. The van der Waals surface area contributed by atoms with Crippen LogP contribution in [0.3, 0.4) is 0 Å². The number of carbonyl (C=O) groups excluding carboxylic acids is 1. The fourth-order valence-electron chi connectivity index (χ4n) is 4.43. The molecule has 1 heterocycles. The molecule has 4 nitrogen and oxygen atoms in total. The number of amides is 1. The standard InChI is InChI=1S/C28H32N2O2/c1-22(2)25-15-9-10-16-26(25)32-21-27(31)29-17-19-30(20-18-29)28(23-11-5-3-6-12-23)24-13-7-4-8-14-24/h3-16,22,28H,17-21H2,1-2H3. The third-order valence-electron chi connectivity index (χ3n) is 6.15. The Balaban J connectivity index is 1.39. The molecular formula is C28H32N2O2. The molecule has 4 heteroatoms. The summed E-state index contributed by atoms with van der Waals surface area (Å²) in [5.74, 6) is 1.22. The van der Waals surface area contributed by atoms with Gasteiger partial charge in [-0.2, -0.15) is 0 Å². The molecule has 1 aliphatic heterocycles. The first-order chi connectivity index (χ1) is 15.6. The second kappa shape index (κ2) is 10.5. The van der Waals surface area contributed by atoms with Gasteiger partial charge in [-0.1, -0.05) is 92.7 Å². The smallest absolute Gasteiger partial charge is 0.260 e. The lowest BCUT2D eigenvalue weighted by atomic mass is 9.96. The third kappa shape index (κ3) is 5.20. The summed E-state index contributed by atoms with van der Waals surface area (Å²) >= 11 is 0. The second-order valence-electron chi connectivity index (χ2n) is 8.62.